The normalized spacial score (nSPS) is 19.1. The fourth-order valence-corrected chi connectivity index (χ4v) is 1.63. The summed E-state index contributed by atoms with van der Waals surface area (Å²) in [5, 5.41) is 0. The summed E-state index contributed by atoms with van der Waals surface area (Å²) < 4.78 is 5.51. The van der Waals surface area contributed by atoms with Gasteiger partial charge in [0.1, 0.15) is 0 Å². The van der Waals surface area contributed by atoms with Gasteiger partial charge in [0, 0.05) is 5.92 Å². The van der Waals surface area contributed by atoms with Crippen LogP contribution in [0.25, 0.3) is 6.08 Å². The zero-order chi connectivity index (χ0) is 11.1. The van der Waals surface area contributed by atoms with Gasteiger partial charge in [-0.1, -0.05) is 54.6 Å². The maximum atomic E-state index is 5.51. The van der Waals surface area contributed by atoms with Crippen molar-refractivity contribution in [2.45, 2.75) is 6.42 Å². The second-order valence-electron chi connectivity index (χ2n) is 3.86. The highest BCUT2D eigenvalue weighted by Gasteiger charge is 2.03. The van der Waals surface area contributed by atoms with Crippen LogP contribution in [0.1, 0.15) is 12.0 Å². The molecule has 1 heteroatoms. The van der Waals surface area contributed by atoms with Gasteiger partial charge in [0.2, 0.25) is 0 Å². The summed E-state index contributed by atoms with van der Waals surface area (Å²) in [4.78, 5) is 0. The third-order valence-corrected chi connectivity index (χ3v) is 2.54. The molecule has 0 saturated carbocycles. The van der Waals surface area contributed by atoms with Gasteiger partial charge < -0.3 is 4.74 Å². The molecule has 0 spiro atoms. The molecular weight excluding hydrogens is 196 g/mol. The lowest BCUT2D eigenvalue weighted by Crippen LogP contribution is -2.04. The van der Waals surface area contributed by atoms with Crippen molar-refractivity contribution in [2.24, 2.45) is 5.92 Å². The molecule has 0 N–H and O–H groups in total. The van der Waals surface area contributed by atoms with Crippen LogP contribution >= 0.6 is 0 Å². The van der Waals surface area contributed by atoms with Gasteiger partial charge in [-0.2, -0.15) is 0 Å². The summed E-state index contributed by atoms with van der Waals surface area (Å²) in [6.45, 7) is 0.754. The Morgan fingerprint density at radius 3 is 2.81 bits per heavy atom. The average molecular weight is 212 g/mol. The van der Waals surface area contributed by atoms with Crippen LogP contribution in [0.15, 0.2) is 60.9 Å². The van der Waals surface area contributed by atoms with Gasteiger partial charge in [-0.15, -0.1) is 0 Å². The Labute approximate surface area is 96.8 Å². The van der Waals surface area contributed by atoms with Crippen molar-refractivity contribution >= 4 is 6.08 Å². The number of rotatable bonds is 4. The molecule has 0 radical (unpaired) electrons. The topological polar surface area (TPSA) is 9.23 Å². The second kappa shape index (κ2) is 5.96. The van der Waals surface area contributed by atoms with Gasteiger partial charge in [0.25, 0.3) is 0 Å². The monoisotopic (exact) mass is 212 g/mol. The van der Waals surface area contributed by atoms with E-state index in [0.29, 0.717) is 5.92 Å². The van der Waals surface area contributed by atoms with E-state index in [2.05, 4.69) is 36.4 Å². The minimum Gasteiger partial charge on any atom is -0.501 e. The van der Waals surface area contributed by atoms with E-state index in [-0.39, 0.29) is 0 Å². The first kappa shape index (κ1) is 10.7. The van der Waals surface area contributed by atoms with Crippen molar-refractivity contribution in [1.29, 1.82) is 0 Å². The molecule has 1 unspecified atom stereocenters. The fraction of sp³-hybridized carbons (Fsp3) is 0.200. The smallest absolute Gasteiger partial charge is 0.0938 e. The van der Waals surface area contributed by atoms with E-state index in [4.69, 9.17) is 4.74 Å². The van der Waals surface area contributed by atoms with Crippen molar-refractivity contribution in [1.82, 2.24) is 0 Å². The molecule has 0 amide bonds. The van der Waals surface area contributed by atoms with Gasteiger partial charge in [-0.3, -0.25) is 0 Å². The van der Waals surface area contributed by atoms with Crippen LogP contribution in [0.3, 0.4) is 0 Å². The SMILES string of the molecule is C1=CCC(CO/C=C/c2ccccc2)C=C1. The fourth-order valence-electron chi connectivity index (χ4n) is 1.63. The van der Waals surface area contributed by atoms with Crippen molar-refractivity contribution in [3.8, 4) is 0 Å². The third-order valence-electron chi connectivity index (χ3n) is 2.54. The van der Waals surface area contributed by atoms with Crippen molar-refractivity contribution in [3.05, 3.63) is 66.5 Å². The quantitative estimate of drug-likeness (QED) is 0.690. The molecule has 0 aliphatic heterocycles. The Kier molecular flexibility index (Phi) is 4.00. The van der Waals surface area contributed by atoms with Gasteiger partial charge >= 0.3 is 0 Å². The number of hydrogen-bond donors (Lipinski definition) is 0. The van der Waals surface area contributed by atoms with Crippen LogP contribution in [-0.4, -0.2) is 6.61 Å². The van der Waals surface area contributed by atoms with Crippen LogP contribution < -0.4 is 0 Å². The lowest BCUT2D eigenvalue weighted by Gasteiger charge is -2.11. The molecule has 16 heavy (non-hydrogen) atoms. The lowest BCUT2D eigenvalue weighted by molar-refractivity contribution is 0.218. The van der Waals surface area contributed by atoms with Gasteiger partial charge in [0.05, 0.1) is 12.9 Å². The predicted molar refractivity (Wildman–Crippen MR) is 67.8 cm³/mol. The van der Waals surface area contributed by atoms with E-state index in [0.717, 1.165) is 13.0 Å². The number of allylic oxidation sites excluding steroid dienone is 3. The molecule has 0 saturated heterocycles. The van der Waals surface area contributed by atoms with E-state index < -0.39 is 0 Å². The molecule has 1 aromatic rings. The van der Waals surface area contributed by atoms with Gasteiger partial charge in [-0.05, 0) is 18.1 Å². The van der Waals surface area contributed by atoms with Crippen LogP contribution in [0.4, 0.5) is 0 Å². The van der Waals surface area contributed by atoms with Crippen LogP contribution in [-0.2, 0) is 4.74 Å². The summed E-state index contributed by atoms with van der Waals surface area (Å²) in [5.41, 5.74) is 1.17. The first-order valence-electron chi connectivity index (χ1n) is 5.62. The molecule has 0 heterocycles. The molecule has 0 aromatic heterocycles. The summed E-state index contributed by atoms with van der Waals surface area (Å²) >= 11 is 0. The first-order chi connectivity index (χ1) is 7.95. The molecule has 1 atom stereocenters. The van der Waals surface area contributed by atoms with Crippen molar-refractivity contribution < 1.29 is 4.74 Å². The third kappa shape index (κ3) is 3.43. The van der Waals surface area contributed by atoms with Crippen molar-refractivity contribution in [3.63, 3.8) is 0 Å². The standard InChI is InChI=1S/C15H16O/c1-3-7-14(8-4-1)11-12-16-13-15-9-5-2-6-10-15/h1-9,11-12,15H,10,13H2/b12-11+. The Balaban J connectivity index is 1.74. The molecule has 1 nitrogen and oxygen atoms in total. The minimum absolute atomic E-state index is 0.519. The van der Waals surface area contributed by atoms with E-state index in [9.17, 15) is 0 Å². The summed E-state index contributed by atoms with van der Waals surface area (Å²) in [6.07, 6.45) is 13.4. The highest BCUT2D eigenvalue weighted by Crippen LogP contribution is 2.12. The van der Waals surface area contributed by atoms with Gasteiger partial charge in [-0.25, -0.2) is 0 Å². The minimum atomic E-state index is 0.519. The van der Waals surface area contributed by atoms with Crippen LogP contribution in [0.5, 0.6) is 0 Å². The van der Waals surface area contributed by atoms with E-state index in [1.54, 1.807) is 6.26 Å². The molecule has 1 aliphatic carbocycles. The number of hydrogen-bond acceptors (Lipinski definition) is 1. The zero-order valence-corrected chi connectivity index (χ0v) is 9.25. The number of benzene rings is 1. The maximum absolute atomic E-state index is 5.51. The highest BCUT2D eigenvalue weighted by atomic mass is 16.5. The largest absolute Gasteiger partial charge is 0.501 e. The highest BCUT2D eigenvalue weighted by molar-refractivity contribution is 5.47. The molecular formula is C15H16O. The zero-order valence-electron chi connectivity index (χ0n) is 9.25. The maximum Gasteiger partial charge on any atom is 0.0938 e. The first-order valence-corrected chi connectivity index (χ1v) is 5.62. The Bertz CT molecular complexity index is 387. The molecule has 0 fully saturated rings. The molecule has 0 bridgehead atoms. The van der Waals surface area contributed by atoms with Crippen molar-refractivity contribution in [2.75, 3.05) is 6.61 Å². The molecule has 1 aliphatic rings. The lowest BCUT2D eigenvalue weighted by atomic mass is 10.0. The molecule has 1 aromatic carbocycles. The van der Waals surface area contributed by atoms with E-state index in [1.165, 1.54) is 5.56 Å². The molecule has 2 rings (SSSR count). The van der Waals surface area contributed by atoms with Crippen LogP contribution in [0, 0.1) is 5.92 Å². The Morgan fingerprint density at radius 1 is 1.19 bits per heavy atom. The second-order valence-corrected chi connectivity index (χ2v) is 3.86. The summed E-state index contributed by atoms with van der Waals surface area (Å²) in [5.74, 6) is 0.519. The molecule has 82 valence electrons. The van der Waals surface area contributed by atoms with Gasteiger partial charge in [0.15, 0.2) is 0 Å². The number of ether oxygens (including phenoxy) is 1. The van der Waals surface area contributed by atoms with Crippen LogP contribution in [0.2, 0.25) is 0 Å². The Hall–Kier alpha value is -1.76. The summed E-state index contributed by atoms with van der Waals surface area (Å²) in [7, 11) is 0. The average Bonchev–Trinajstić information content (AvgIpc) is 2.37. The Morgan fingerprint density at radius 2 is 2.06 bits per heavy atom. The van der Waals surface area contributed by atoms with E-state index >= 15 is 0 Å². The van der Waals surface area contributed by atoms with E-state index in [1.807, 2.05) is 24.3 Å². The summed E-state index contributed by atoms with van der Waals surface area (Å²) in [6, 6.07) is 10.2. The predicted octanol–water partition coefficient (Wildman–Crippen LogP) is 3.81.